The van der Waals surface area contributed by atoms with E-state index < -0.39 is 22.9 Å². The van der Waals surface area contributed by atoms with Gasteiger partial charge in [-0.05, 0) is 61.1 Å². The molecule has 196 valence electrons. The van der Waals surface area contributed by atoms with Crippen LogP contribution < -0.4 is 10.9 Å². The highest BCUT2D eigenvalue weighted by Crippen LogP contribution is 2.32. The molecule has 0 unspecified atom stereocenters. The number of carbonyl (C=O) groups excluding carboxylic acids is 1. The summed E-state index contributed by atoms with van der Waals surface area (Å²) in [4.78, 5) is 35.0. The van der Waals surface area contributed by atoms with Crippen LogP contribution in [0, 0.1) is 18.6 Å². The minimum absolute atomic E-state index is 0.0676. The number of benzene rings is 3. The van der Waals surface area contributed by atoms with Gasteiger partial charge in [0, 0.05) is 29.1 Å². The van der Waals surface area contributed by atoms with Crippen molar-refractivity contribution in [3.8, 4) is 16.9 Å². The number of hydrogen-bond donors (Lipinski definition) is 1. The first-order valence-corrected chi connectivity index (χ1v) is 13.4. The molecule has 39 heavy (non-hydrogen) atoms. The number of thioether (sulfide) groups is 1. The van der Waals surface area contributed by atoms with Gasteiger partial charge in [-0.3, -0.25) is 14.2 Å². The Morgan fingerprint density at radius 3 is 2.41 bits per heavy atom. The quantitative estimate of drug-likeness (QED) is 0.210. The number of rotatable bonds is 7. The molecule has 0 aliphatic heterocycles. The summed E-state index contributed by atoms with van der Waals surface area (Å²) in [6.07, 6.45) is 2.46. The second-order valence-corrected chi connectivity index (χ2v) is 9.67. The third-order valence-electron chi connectivity index (χ3n) is 6.37. The number of halogens is 2. The monoisotopic (exact) mass is 542 g/mol. The van der Waals surface area contributed by atoms with Crippen LogP contribution in [0.1, 0.15) is 21.5 Å². The van der Waals surface area contributed by atoms with E-state index in [1.807, 2.05) is 43.3 Å². The molecule has 6 nitrogen and oxygen atoms in total. The van der Waals surface area contributed by atoms with E-state index in [1.165, 1.54) is 23.9 Å². The molecule has 9 heteroatoms. The molecule has 0 aliphatic rings. The standard InChI is InChI=1S/C30H24F2N4O2S/c1-18-11-12-20(29(38)33-16-15-19-7-4-3-5-8-19)17-22(18)26-21-13-14-25(37)36(28(21)35-30(34-26)39-2)27-23(31)9-6-10-24(27)32/h3-14,17H,15-16H2,1-2H3,(H,33,38). The number of carbonyl (C=O) groups is 1. The Hall–Kier alpha value is -4.37. The van der Waals surface area contributed by atoms with E-state index in [9.17, 15) is 18.4 Å². The third kappa shape index (κ3) is 5.31. The van der Waals surface area contributed by atoms with Crippen LogP contribution in [0.4, 0.5) is 8.78 Å². The predicted molar refractivity (Wildman–Crippen MR) is 149 cm³/mol. The molecule has 2 aromatic heterocycles. The fourth-order valence-corrected chi connectivity index (χ4v) is 4.76. The maximum absolute atomic E-state index is 14.8. The average Bonchev–Trinajstić information content (AvgIpc) is 2.94. The topological polar surface area (TPSA) is 76.9 Å². The zero-order valence-electron chi connectivity index (χ0n) is 21.2. The van der Waals surface area contributed by atoms with Crippen LogP contribution in [-0.4, -0.2) is 33.2 Å². The third-order valence-corrected chi connectivity index (χ3v) is 6.92. The Morgan fingerprint density at radius 1 is 0.949 bits per heavy atom. The summed E-state index contributed by atoms with van der Waals surface area (Å²) in [7, 11) is 0. The van der Waals surface area contributed by atoms with Crippen molar-refractivity contribution in [3.05, 3.63) is 118 Å². The van der Waals surface area contributed by atoms with Crippen LogP contribution in [0.3, 0.4) is 0 Å². The highest BCUT2D eigenvalue weighted by Gasteiger charge is 2.20. The van der Waals surface area contributed by atoms with E-state index >= 15 is 0 Å². The predicted octanol–water partition coefficient (Wildman–Crippen LogP) is 5.73. The molecule has 0 radical (unpaired) electrons. The molecule has 1 N–H and O–H groups in total. The Kier molecular flexibility index (Phi) is 7.51. The fourth-order valence-electron chi connectivity index (χ4n) is 4.40. The summed E-state index contributed by atoms with van der Waals surface area (Å²) in [6.45, 7) is 2.35. The minimum Gasteiger partial charge on any atom is -0.352 e. The highest BCUT2D eigenvalue weighted by molar-refractivity contribution is 7.98. The Balaban J connectivity index is 1.60. The van der Waals surface area contributed by atoms with Gasteiger partial charge >= 0.3 is 0 Å². The molecule has 0 spiro atoms. The van der Waals surface area contributed by atoms with Gasteiger partial charge in [0.05, 0.1) is 5.69 Å². The van der Waals surface area contributed by atoms with Gasteiger partial charge in [-0.2, -0.15) is 0 Å². The van der Waals surface area contributed by atoms with Gasteiger partial charge in [0.25, 0.3) is 11.5 Å². The van der Waals surface area contributed by atoms with E-state index in [4.69, 9.17) is 0 Å². The summed E-state index contributed by atoms with van der Waals surface area (Å²) < 4.78 is 30.5. The lowest BCUT2D eigenvalue weighted by Gasteiger charge is -2.15. The average molecular weight is 543 g/mol. The summed E-state index contributed by atoms with van der Waals surface area (Å²) in [5.41, 5.74) is 2.42. The molecular formula is C30H24F2N4O2S. The fraction of sp³-hybridized carbons (Fsp3) is 0.133. The first kappa shape index (κ1) is 26.2. The molecule has 5 aromatic rings. The minimum atomic E-state index is -0.888. The van der Waals surface area contributed by atoms with Gasteiger partial charge in [-0.25, -0.2) is 18.7 Å². The lowest BCUT2D eigenvalue weighted by molar-refractivity contribution is 0.0954. The van der Waals surface area contributed by atoms with Gasteiger partial charge in [0.2, 0.25) is 0 Å². The number of fused-ring (bicyclic) bond motifs is 1. The summed E-state index contributed by atoms with van der Waals surface area (Å²) in [6, 6.07) is 21.3. The van der Waals surface area contributed by atoms with Crippen molar-refractivity contribution in [1.82, 2.24) is 19.9 Å². The molecule has 5 rings (SSSR count). The van der Waals surface area contributed by atoms with Crippen molar-refractivity contribution in [2.24, 2.45) is 0 Å². The lowest BCUT2D eigenvalue weighted by atomic mass is 9.99. The zero-order chi connectivity index (χ0) is 27.5. The van der Waals surface area contributed by atoms with E-state index in [2.05, 4.69) is 15.3 Å². The first-order chi connectivity index (χ1) is 18.9. The largest absolute Gasteiger partial charge is 0.352 e. The molecule has 0 saturated carbocycles. The molecule has 0 aliphatic carbocycles. The van der Waals surface area contributed by atoms with Crippen molar-refractivity contribution >= 4 is 28.7 Å². The van der Waals surface area contributed by atoms with Crippen LogP contribution in [0.25, 0.3) is 28.0 Å². The summed E-state index contributed by atoms with van der Waals surface area (Å²) in [5, 5.41) is 3.68. The van der Waals surface area contributed by atoms with E-state index in [1.54, 1.807) is 24.5 Å². The summed E-state index contributed by atoms with van der Waals surface area (Å²) in [5.74, 6) is -2.01. The van der Waals surface area contributed by atoms with Crippen molar-refractivity contribution in [3.63, 3.8) is 0 Å². The summed E-state index contributed by atoms with van der Waals surface area (Å²) >= 11 is 1.23. The van der Waals surface area contributed by atoms with Crippen LogP contribution in [0.5, 0.6) is 0 Å². The SMILES string of the molecule is CSc1nc(-c2cc(C(=O)NCCc3ccccc3)ccc2C)c2ccc(=O)n(-c3c(F)cccc3F)c2n1. The number of nitrogens with zero attached hydrogens (tertiary/aromatic N) is 3. The van der Waals surface area contributed by atoms with Crippen LogP contribution in [0.15, 0.2) is 88.8 Å². The molecule has 3 aromatic carbocycles. The molecule has 0 bridgehead atoms. The maximum atomic E-state index is 14.8. The van der Waals surface area contributed by atoms with E-state index in [0.717, 1.165) is 27.8 Å². The first-order valence-electron chi connectivity index (χ1n) is 12.2. The molecule has 1 amide bonds. The number of aromatic nitrogens is 3. The number of para-hydroxylation sites is 1. The van der Waals surface area contributed by atoms with Crippen molar-refractivity contribution in [2.45, 2.75) is 18.5 Å². The molecule has 0 atom stereocenters. The van der Waals surface area contributed by atoms with Gasteiger partial charge in [-0.15, -0.1) is 0 Å². The molecule has 2 heterocycles. The maximum Gasteiger partial charge on any atom is 0.256 e. The van der Waals surface area contributed by atoms with E-state index in [0.29, 0.717) is 40.3 Å². The second kappa shape index (κ2) is 11.2. The van der Waals surface area contributed by atoms with Gasteiger partial charge in [0.1, 0.15) is 17.3 Å². The van der Waals surface area contributed by atoms with Crippen molar-refractivity contribution < 1.29 is 13.6 Å². The van der Waals surface area contributed by atoms with Gasteiger partial charge in [-0.1, -0.05) is 54.2 Å². The number of nitrogens with one attached hydrogen (secondary N) is 1. The lowest BCUT2D eigenvalue weighted by Crippen LogP contribution is -2.25. The number of aryl methyl sites for hydroxylation is 1. The normalized spacial score (nSPS) is 11.1. The van der Waals surface area contributed by atoms with Crippen LogP contribution in [0.2, 0.25) is 0 Å². The second-order valence-electron chi connectivity index (χ2n) is 8.89. The van der Waals surface area contributed by atoms with Crippen LogP contribution >= 0.6 is 11.8 Å². The Morgan fingerprint density at radius 2 is 1.69 bits per heavy atom. The van der Waals surface area contributed by atoms with Gasteiger partial charge in [0.15, 0.2) is 10.8 Å². The number of pyridine rings is 1. The molecule has 0 fully saturated rings. The van der Waals surface area contributed by atoms with Crippen molar-refractivity contribution in [2.75, 3.05) is 12.8 Å². The zero-order valence-corrected chi connectivity index (χ0v) is 22.1. The smallest absolute Gasteiger partial charge is 0.256 e. The van der Waals surface area contributed by atoms with Crippen molar-refractivity contribution in [1.29, 1.82) is 0 Å². The molecular weight excluding hydrogens is 518 g/mol. The van der Waals surface area contributed by atoms with E-state index in [-0.39, 0.29) is 11.6 Å². The van der Waals surface area contributed by atoms with Crippen LogP contribution in [-0.2, 0) is 6.42 Å². The Labute approximate surface area is 227 Å². The molecule has 0 saturated heterocycles. The Bertz CT molecular complexity index is 1740. The highest BCUT2D eigenvalue weighted by atomic mass is 32.2. The number of hydrogen-bond acceptors (Lipinski definition) is 5. The number of amides is 1. The van der Waals surface area contributed by atoms with Gasteiger partial charge < -0.3 is 5.32 Å².